The Bertz CT molecular complexity index is 3760. The van der Waals surface area contributed by atoms with Crippen molar-refractivity contribution in [1.29, 1.82) is 0 Å². The minimum atomic E-state index is -3.18. The van der Waals surface area contributed by atoms with Crippen molar-refractivity contribution in [3.63, 3.8) is 0 Å². The number of fused-ring (bicyclic) bond motifs is 2. The number of benzene rings is 2. The summed E-state index contributed by atoms with van der Waals surface area (Å²) >= 11 is 0. The molecule has 6 fully saturated rings. The van der Waals surface area contributed by atoms with Crippen LogP contribution in [0.3, 0.4) is 0 Å². The number of aliphatic carboxylic acids is 1. The van der Waals surface area contributed by atoms with Crippen LogP contribution >= 0.6 is 0 Å². The summed E-state index contributed by atoms with van der Waals surface area (Å²) < 4.78 is 94.7. The molecule has 23 N–H and O–H groups in total. The Morgan fingerprint density at radius 3 is 1.16 bits per heavy atom. The average molecular weight is 1920 g/mol. The molecule has 128 heavy (non-hydrogen) atoms. The average Bonchev–Trinajstić information content (AvgIpc) is 1.61. The summed E-state index contributed by atoms with van der Waals surface area (Å²) in [6, 6.07) is 11.8. The molecular formula is C89H153F2N12O24Pd-. The van der Waals surface area contributed by atoms with Gasteiger partial charge in [-0.3, -0.25) is 24.0 Å². The monoisotopic (exact) mass is 1920 g/mol. The molecule has 26 atom stereocenters. The van der Waals surface area contributed by atoms with E-state index < -0.39 is 172 Å². The number of nitrogens with one attached hydrogen (secondary N) is 2. The largest absolute Gasteiger partial charge is 0.481 e. The summed E-state index contributed by atoms with van der Waals surface area (Å²) in [5.41, 5.74) is 15.5. The zero-order valence-electron chi connectivity index (χ0n) is 79.4. The maximum Gasteiger partial charge on any atom is 0.410 e. The molecule has 0 spiro atoms. The van der Waals surface area contributed by atoms with E-state index in [1.54, 1.807) is 106 Å². The number of hydrogen-bond acceptors (Lipinski definition) is 31. The van der Waals surface area contributed by atoms with Crippen molar-refractivity contribution in [3.8, 4) is 0 Å². The van der Waals surface area contributed by atoms with Crippen LogP contribution in [0.5, 0.6) is 0 Å². The molecule has 2 aromatic carbocycles. The van der Waals surface area contributed by atoms with Crippen molar-refractivity contribution in [2.45, 2.75) is 301 Å². The zero-order valence-corrected chi connectivity index (χ0v) is 81.0. The number of carbonyl (C=O) groups is 9. The molecule has 4 unspecified atom stereocenters. The molecule has 6 aliphatic rings. The second-order valence-electron chi connectivity index (χ2n) is 35.5. The SMILES string of the molecule is CC(=O)O.CC[C@H]1OC(=O)[C@@](C)(F)C(=O)[C@H](C)[C@@H](OC2O[C@H](C)C[C@H](N(C)C)[C@H]2O)[C@@](C)(OC)C[C@@H](C)C(=O)[C@H](C)C2N(CCCCN/C=C(\N)c3cccc(N)c3)C(=O)O[C@@]21C.CC[C@H]1OC(=O)[C@@](C)(F)C(=O)[C@H](C)[C@@H](OC2O[C@H](C)C[C@H](N(C)C)[C@H]2O)[C@@](C)(OC)C[C@@H](C)C(=O)[C@H](C)C2N(CCCCN/C=C(\N)c3cccc(N)c3)C(=O)O[C@@]21C.N.N.O.O.[CH3-].[Pd]. The van der Waals surface area contributed by atoms with Gasteiger partial charge < -0.3 is 147 Å². The van der Waals surface area contributed by atoms with E-state index in [0.717, 1.165) is 31.9 Å². The van der Waals surface area contributed by atoms with Gasteiger partial charge in [-0.2, -0.15) is 0 Å². The predicted octanol–water partition coefficient (Wildman–Crippen LogP) is 7.60. The van der Waals surface area contributed by atoms with Crippen molar-refractivity contribution in [2.75, 3.05) is 80.1 Å². The van der Waals surface area contributed by atoms with E-state index in [0.29, 0.717) is 74.4 Å². The Balaban J connectivity index is 0.00000231. The number of ketones is 4. The number of carbonyl (C=O) groups excluding carboxylic acids is 8. The van der Waals surface area contributed by atoms with Gasteiger partial charge in [0.05, 0.1) is 59.1 Å². The molecule has 8 rings (SSSR count). The number of rotatable bonds is 24. The molecule has 39 heteroatoms. The number of anilines is 2. The fraction of sp³-hybridized carbons (Fsp3) is 0.708. The minimum absolute atomic E-state index is 0. The van der Waals surface area contributed by atoms with Crippen LogP contribution in [0.1, 0.15) is 193 Å². The smallest absolute Gasteiger partial charge is 0.410 e. The van der Waals surface area contributed by atoms with Gasteiger partial charge in [0.2, 0.25) is 0 Å². The normalized spacial score (nSPS) is 35.0. The van der Waals surface area contributed by atoms with Gasteiger partial charge in [0.25, 0.3) is 17.3 Å². The summed E-state index contributed by atoms with van der Waals surface area (Å²) in [6.07, 6.45) is -5.25. The number of carboxylic acid groups (broad SMARTS) is 1. The topological polar surface area (TPSA) is 581 Å². The number of alkyl halides is 2. The van der Waals surface area contributed by atoms with Gasteiger partial charge >= 0.3 is 24.1 Å². The quantitative estimate of drug-likeness (QED) is 0.00916. The van der Waals surface area contributed by atoms with Crippen molar-refractivity contribution in [1.82, 2.24) is 42.5 Å². The van der Waals surface area contributed by atoms with Crippen molar-refractivity contribution in [3.05, 3.63) is 79.5 Å². The molecule has 6 aliphatic heterocycles. The number of nitrogens with zero attached hydrogens (tertiary/aromatic N) is 4. The number of Topliss-reactive ketones (excluding diaryl/α,β-unsaturated/α-hetero) is 4. The molecule has 738 valence electrons. The van der Waals surface area contributed by atoms with Crippen LogP contribution in [0.2, 0.25) is 0 Å². The molecule has 6 heterocycles. The molecule has 2 aromatic rings. The van der Waals surface area contributed by atoms with E-state index in [9.17, 15) is 48.6 Å². The third-order valence-corrected chi connectivity index (χ3v) is 25.3. The fourth-order valence-electron chi connectivity index (χ4n) is 18.4. The maximum atomic E-state index is 16.9. The van der Waals surface area contributed by atoms with Gasteiger partial charge in [0.15, 0.2) is 35.3 Å². The third-order valence-electron chi connectivity index (χ3n) is 25.3. The number of nitrogen functional groups attached to an aromatic ring is 2. The second kappa shape index (κ2) is 50.8. The van der Waals surface area contributed by atoms with Crippen LogP contribution in [-0.4, -0.2) is 287 Å². The molecule has 2 amide bonds. The van der Waals surface area contributed by atoms with Crippen molar-refractivity contribution in [2.24, 2.45) is 47.0 Å². The Morgan fingerprint density at radius 1 is 0.570 bits per heavy atom. The van der Waals surface area contributed by atoms with Gasteiger partial charge in [-0.05, 0) is 172 Å². The molecule has 0 radical (unpaired) electrons. The number of cyclic esters (lactones) is 2. The van der Waals surface area contributed by atoms with Gasteiger partial charge in [-0.25, -0.2) is 28.0 Å². The molecular weight excluding hydrogens is 1770 g/mol. The molecule has 36 nitrogen and oxygen atoms in total. The first-order chi connectivity index (χ1) is 56.8. The summed E-state index contributed by atoms with van der Waals surface area (Å²) in [7, 11) is 10.1. The summed E-state index contributed by atoms with van der Waals surface area (Å²) in [4.78, 5) is 129. The maximum absolute atomic E-state index is 16.9. The Kier molecular flexibility index (Phi) is 47.8. The van der Waals surface area contributed by atoms with Crippen LogP contribution in [0.4, 0.5) is 29.7 Å². The molecule has 0 aromatic heterocycles. The first kappa shape index (κ1) is 120. The van der Waals surface area contributed by atoms with Gasteiger partial charge in [-0.15, -0.1) is 0 Å². The number of likely N-dealkylation sites (N-methyl/N-ethyl adjacent to an activating group) is 2. The Hall–Kier alpha value is -7.69. The number of nitrogens with two attached hydrogens (primary N) is 4. The number of methoxy groups -OCH3 is 2. The fourth-order valence-corrected chi connectivity index (χ4v) is 18.4. The standard InChI is InChI=1S/2C43H68FN5O10.C2H4O2.CH3.2H3N.2H2O.Pd/c2*1-12-32-43(8)35(49(40(54)59-43)19-14-13-18-47-23-30(46)28-16-15-17-29(45)21-28)26(4)33(50)24(2)22-41(6,55-11)37(27(5)36(52)42(7,44)39(53)57-32)58-38-34(51)31(48(9)10)20-25(3)56-38;1-2(3)4;;;;;;/h2*15-17,21,23-27,31-32,34-35,37-38,47,51H,12-14,18-20,22,45-46H2,1-11H3;1H3,(H,3,4);3*1H3;2*1H2;/q;;;-1;;;;;/b2*30-23-;;;;;;;/t2*24-,25-,26+,27+,31+,32-,34-,35?,37-,38?,41+,42+,43-;;;;;;;/m11......./s1. The minimum Gasteiger partial charge on any atom is -0.481 e. The first-order valence-corrected chi connectivity index (χ1v) is 42.5. The third kappa shape index (κ3) is 28.2. The molecule has 0 bridgehead atoms. The Labute approximate surface area is 768 Å². The van der Waals surface area contributed by atoms with Crippen LogP contribution in [0, 0.1) is 42.9 Å². The van der Waals surface area contributed by atoms with Crippen molar-refractivity contribution >= 4 is 76.0 Å². The van der Waals surface area contributed by atoms with E-state index in [2.05, 4.69) is 10.6 Å². The number of esters is 2. The van der Waals surface area contributed by atoms with Crippen LogP contribution in [0.25, 0.3) is 11.4 Å². The number of unbranched alkanes of at least 4 members (excludes halogenated alkanes) is 2. The number of aliphatic hydroxyl groups is 2. The molecule has 0 aliphatic carbocycles. The van der Waals surface area contributed by atoms with E-state index in [1.165, 1.54) is 37.9 Å². The molecule has 6 saturated heterocycles. The van der Waals surface area contributed by atoms with Crippen LogP contribution in [0.15, 0.2) is 60.9 Å². The van der Waals surface area contributed by atoms with E-state index in [4.69, 9.17) is 80.2 Å². The van der Waals surface area contributed by atoms with E-state index >= 15 is 8.78 Å². The van der Waals surface area contributed by atoms with E-state index in [-0.39, 0.29) is 126 Å². The number of aliphatic hydroxyl groups excluding tert-OH is 2. The van der Waals surface area contributed by atoms with Gasteiger partial charge in [0, 0.05) is 150 Å². The number of halogens is 2. The van der Waals surface area contributed by atoms with Crippen molar-refractivity contribution < 1.29 is 146 Å². The number of carboxylic acids is 1. The number of ether oxygens (including phenoxy) is 10. The Morgan fingerprint density at radius 2 is 0.883 bits per heavy atom. The van der Waals surface area contributed by atoms with Crippen LogP contribution < -0.4 is 45.9 Å². The van der Waals surface area contributed by atoms with E-state index in [1.807, 2.05) is 76.1 Å². The predicted molar refractivity (Wildman–Crippen MR) is 477 cm³/mol. The molecule has 0 saturated carbocycles. The number of amides is 2. The summed E-state index contributed by atoms with van der Waals surface area (Å²) in [6.45, 7) is 27.4. The van der Waals surface area contributed by atoms with Crippen LogP contribution in [-0.2, 0) is 101 Å². The first-order valence-electron chi connectivity index (χ1n) is 42.5. The van der Waals surface area contributed by atoms with Gasteiger partial charge in [0.1, 0.15) is 36.0 Å². The summed E-state index contributed by atoms with van der Waals surface area (Å²) in [5.74, 6) is -12.5. The second-order valence-corrected chi connectivity index (χ2v) is 35.5. The zero-order chi connectivity index (χ0) is 92.0. The van der Waals surface area contributed by atoms with Gasteiger partial charge in [-0.1, -0.05) is 79.7 Å². The number of hydrogen-bond donors (Lipinski definition) is 11. The summed E-state index contributed by atoms with van der Waals surface area (Å²) in [5, 5.41) is 36.6.